The summed E-state index contributed by atoms with van der Waals surface area (Å²) < 4.78 is 0. The Labute approximate surface area is 119 Å². The van der Waals surface area contributed by atoms with Gasteiger partial charge in [-0.15, -0.1) is 0 Å². The topological polar surface area (TPSA) is 90.0 Å². The third-order valence-corrected chi connectivity index (χ3v) is 3.06. The van der Waals surface area contributed by atoms with Gasteiger partial charge in [0, 0.05) is 20.6 Å². The number of likely N-dealkylation sites (N-methyl/N-ethyl adjacent to an activating group) is 2. The number of carbonyl (C=O) groups excluding carboxylic acids is 2. The third-order valence-electron chi connectivity index (χ3n) is 3.06. The number of carboxylic acids is 1. The van der Waals surface area contributed by atoms with Crippen LogP contribution in [0.25, 0.3) is 0 Å². The number of aliphatic carboxylic acids is 1. The molecule has 7 heteroatoms. The normalized spacial score (nSPS) is 11.2. The van der Waals surface area contributed by atoms with Crippen LogP contribution < -0.4 is 5.32 Å². The van der Waals surface area contributed by atoms with Crippen molar-refractivity contribution in [2.24, 2.45) is 5.92 Å². The van der Waals surface area contributed by atoms with E-state index < -0.39 is 17.5 Å². The van der Waals surface area contributed by atoms with Crippen LogP contribution in [0.5, 0.6) is 0 Å². The number of nitrogens with one attached hydrogen (secondary N) is 1. The van der Waals surface area contributed by atoms with E-state index in [1.54, 1.807) is 0 Å². The number of carbonyl (C=O) groups is 3. The number of hydrogen-bond acceptors (Lipinski definition) is 3. The monoisotopic (exact) mass is 287 g/mol. The van der Waals surface area contributed by atoms with Crippen LogP contribution in [0.15, 0.2) is 0 Å². The van der Waals surface area contributed by atoms with Gasteiger partial charge in [0.25, 0.3) is 0 Å². The molecule has 0 heterocycles. The lowest BCUT2D eigenvalue weighted by Gasteiger charge is -2.34. The Hall–Kier alpha value is -1.79. The van der Waals surface area contributed by atoms with Crippen molar-refractivity contribution >= 4 is 17.9 Å². The Balaban J connectivity index is 4.55. The SMILES string of the molecule is CC(C)CNC(=O)CN(C)C(=O)N(C)C(C)(C)C(=O)O. The number of rotatable bonds is 6. The summed E-state index contributed by atoms with van der Waals surface area (Å²) in [5, 5.41) is 11.8. The molecule has 20 heavy (non-hydrogen) atoms. The minimum Gasteiger partial charge on any atom is -0.480 e. The molecule has 0 saturated carbocycles. The van der Waals surface area contributed by atoms with E-state index in [-0.39, 0.29) is 12.5 Å². The number of carboxylic acid groups (broad SMARTS) is 1. The molecule has 0 aromatic rings. The standard InChI is InChI=1S/C13H25N3O4/c1-9(2)7-14-10(17)8-15(5)12(20)16(6)13(3,4)11(18)19/h9H,7-8H2,1-6H3,(H,14,17)(H,18,19). The highest BCUT2D eigenvalue weighted by Gasteiger charge is 2.36. The van der Waals surface area contributed by atoms with Crippen LogP contribution in [-0.4, -0.2) is 65.5 Å². The van der Waals surface area contributed by atoms with Crippen LogP contribution in [0.4, 0.5) is 4.79 Å². The van der Waals surface area contributed by atoms with E-state index in [9.17, 15) is 14.4 Å². The highest BCUT2D eigenvalue weighted by atomic mass is 16.4. The summed E-state index contributed by atoms with van der Waals surface area (Å²) in [6, 6.07) is -0.517. The predicted molar refractivity (Wildman–Crippen MR) is 75.4 cm³/mol. The zero-order chi connectivity index (χ0) is 16.1. The first kappa shape index (κ1) is 18.2. The van der Waals surface area contributed by atoms with Crippen molar-refractivity contribution in [1.82, 2.24) is 15.1 Å². The first-order chi connectivity index (χ1) is 9.00. The fraction of sp³-hybridized carbons (Fsp3) is 0.769. The Morgan fingerprint density at radius 3 is 2.10 bits per heavy atom. The molecule has 0 atom stereocenters. The van der Waals surface area contributed by atoms with Crippen molar-refractivity contribution in [3.8, 4) is 0 Å². The van der Waals surface area contributed by atoms with Gasteiger partial charge in [0.2, 0.25) is 5.91 Å². The lowest BCUT2D eigenvalue weighted by Crippen LogP contribution is -2.55. The first-order valence-electron chi connectivity index (χ1n) is 6.49. The highest BCUT2D eigenvalue weighted by Crippen LogP contribution is 2.14. The fourth-order valence-electron chi connectivity index (χ4n) is 1.30. The zero-order valence-electron chi connectivity index (χ0n) is 13.1. The van der Waals surface area contributed by atoms with Crippen molar-refractivity contribution in [2.45, 2.75) is 33.2 Å². The summed E-state index contributed by atoms with van der Waals surface area (Å²) in [6.45, 7) is 7.24. The second-order valence-electron chi connectivity index (χ2n) is 5.76. The molecule has 0 saturated heterocycles. The Morgan fingerprint density at radius 1 is 1.20 bits per heavy atom. The van der Waals surface area contributed by atoms with E-state index in [4.69, 9.17) is 5.11 Å². The maximum Gasteiger partial charge on any atom is 0.329 e. The van der Waals surface area contributed by atoms with Gasteiger partial charge in [-0.2, -0.15) is 0 Å². The summed E-state index contributed by atoms with van der Waals surface area (Å²) in [5.41, 5.74) is -1.33. The van der Waals surface area contributed by atoms with Crippen molar-refractivity contribution in [3.63, 3.8) is 0 Å². The van der Waals surface area contributed by atoms with Gasteiger partial charge in [0.15, 0.2) is 0 Å². The van der Waals surface area contributed by atoms with Gasteiger partial charge in [-0.25, -0.2) is 9.59 Å². The van der Waals surface area contributed by atoms with Gasteiger partial charge < -0.3 is 20.2 Å². The highest BCUT2D eigenvalue weighted by molar-refractivity contribution is 5.88. The van der Waals surface area contributed by atoms with Crippen LogP contribution in [0.2, 0.25) is 0 Å². The smallest absolute Gasteiger partial charge is 0.329 e. The number of hydrogen-bond donors (Lipinski definition) is 2. The van der Waals surface area contributed by atoms with Gasteiger partial charge in [0.05, 0.1) is 0 Å². The van der Waals surface area contributed by atoms with Gasteiger partial charge >= 0.3 is 12.0 Å². The molecule has 3 amide bonds. The summed E-state index contributed by atoms with van der Waals surface area (Å²) in [5.74, 6) is -1.05. The molecule has 0 aromatic carbocycles. The third kappa shape index (κ3) is 5.07. The Kier molecular flexibility index (Phi) is 6.48. The van der Waals surface area contributed by atoms with Crippen molar-refractivity contribution in [1.29, 1.82) is 0 Å². The molecule has 2 N–H and O–H groups in total. The molecule has 0 aliphatic carbocycles. The maximum atomic E-state index is 12.1. The van der Waals surface area contributed by atoms with E-state index in [1.165, 1.54) is 32.8 Å². The Morgan fingerprint density at radius 2 is 1.70 bits per heavy atom. The molecule has 0 aromatic heterocycles. The molecule has 0 bridgehead atoms. The molecular weight excluding hydrogens is 262 g/mol. The summed E-state index contributed by atoms with van der Waals surface area (Å²) in [6.07, 6.45) is 0. The summed E-state index contributed by atoms with van der Waals surface area (Å²) >= 11 is 0. The van der Waals surface area contributed by atoms with Crippen LogP contribution >= 0.6 is 0 Å². The van der Waals surface area contributed by atoms with E-state index >= 15 is 0 Å². The second kappa shape index (κ2) is 7.12. The van der Waals surface area contributed by atoms with Crippen molar-refractivity contribution in [3.05, 3.63) is 0 Å². The minimum absolute atomic E-state index is 0.106. The van der Waals surface area contributed by atoms with Crippen LogP contribution in [0, 0.1) is 5.92 Å². The largest absolute Gasteiger partial charge is 0.480 e. The molecule has 0 aliphatic heterocycles. The van der Waals surface area contributed by atoms with Gasteiger partial charge in [-0.05, 0) is 19.8 Å². The lowest BCUT2D eigenvalue weighted by molar-refractivity contribution is -0.147. The van der Waals surface area contributed by atoms with Gasteiger partial charge in [0.1, 0.15) is 12.1 Å². The van der Waals surface area contributed by atoms with E-state index in [2.05, 4.69) is 5.32 Å². The number of urea groups is 1. The average Bonchev–Trinajstić information content (AvgIpc) is 2.34. The number of nitrogens with zero attached hydrogens (tertiary/aromatic N) is 2. The summed E-state index contributed by atoms with van der Waals surface area (Å²) in [7, 11) is 2.87. The number of amides is 3. The molecule has 0 unspecified atom stereocenters. The first-order valence-corrected chi connectivity index (χ1v) is 6.49. The van der Waals surface area contributed by atoms with Gasteiger partial charge in [-0.1, -0.05) is 13.8 Å². The second-order valence-corrected chi connectivity index (χ2v) is 5.76. The average molecular weight is 287 g/mol. The molecular formula is C13H25N3O4. The molecule has 7 nitrogen and oxygen atoms in total. The van der Waals surface area contributed by atoms with E-state index in [1.807, 2.05) is 13.8 Å². The van der Waals surface area contributed by atoms with Crippen LogP contribution in [-0.2, 0) is 9.59 Å². The van der Waals surface area contributed by atoms with E-state index in [0.29, 0.717) is 12.5 Å². The van der Waals surface area contributed by atoms with Gasteiger partial charge in [-0.3, -0.25) is 4.79 Å². The van der Waals surface area contributed by atoms with Crippen LogP contribution in [0.3, 0.4) is 0 Å². The predicted octanol–water partition coefficient (Wildman–Crippen LogP) is 0.605. The molecule has 0 aliphatic rings. The van der Waals surface area contributed by atoms with E-state index in [0.717, 1.165) is 4.90 Å². The molecule has 0 rings (SSSR count). The fourth-order valence-corrected chi connectivity index (χ4v) is 1.30. The quantitative estimate of drug-likeness (QED) is 0.749. The van der Waals surface area contributed by atoms with Crippen LogP contribution in [0.1, 0.15) is 27.7 Å². The van der Waals surface area contributed by atoms with Crippen molar-refractivity contribution < 1.29 is 19.5 Å². The minimum atomic E-state index is -1.33. The summed E-state index contributed by atoms with van der Waals surface area (Å²) in [4.78, 5) is 37.1. The zero-order valence-corrected chi connectivity index (χ0v) is 13.1. The molecule has 0 fully saturated rings. The lowest BCUT2D eigenvalue weighted by atomic mass is 10.0. The molecule has 116 valence electrons. The molecule has 0 radical (unpaired) electrons. The maximum absolute atomic E-state index is 12.1. The Bertz CT molecular complexity index is 380. The molecule has 0 spiro atoms. The van der Waals surface area contributed by atoms with Crippen molar-refractivity contribution in [2.75, 3.05) is 27.2 Å².